The maximum atomic E-state index is 13.5. The highest BCUT2D eigenvalue weighted by Gasteiger charge is 2.28. The quantitative estimate of drug-likeness (QED) is 0.319. The molecule has 186 valence electrons. The van der Waals surface area contributed by atoms with E-state index in [0.29, 0.717) is 22.8 Å². The third kappa shape index (κ3) is 7.72. The molecule has 1 N–H and O–H groups in total. The summed E-state index contributed by atoms with van der Waals surface area (Å²) in [5.41, 5.74) is 3.02. The first kappa shape index (κ1) is 27.0. The Bertz CT molecular complexity index is 1250. The lowest BCUT2D eigenvalue weighted by molar-refractivity contribution is -0.119. The van der Waals surface area contributed by atoms with Crippen LogP contribution in [0.15, 0.2) is 71.6 Å². The molecule has 5 nitrogen and oxygen atoms in total. The van der Waals surface area contributed by atoms with Gasteiger partial charge < -0.3 is 5.32 Å². The highest BCUT2D eigenvalue weighted by atomic mass is 35.5. The zero-order valence-electron chi connectivity index (χ0n) is 19.6. The van der Waals surface area contributed by atoms with Gasteiger partial charge in [-0.25, -0.2) is 12.8 Å². The van der Waals surface area contributed by atoms with E-state index in [0.717, 1.165) is 33.4 Å². The van der Waals surface area contributed by atoms with Gasteiger partial charge in [0.15, 0.2) is 0 Å². The van der Waals surface area contributed by atoms with Crippen LogP contribution in [0.25, 0.3) is 0 Å². The second-order valence-corrected chi connectivity index (χ2v) is 11.5. The fourth-order valence-electron chi connectivity index (χ4n) is 3.35. The number of aryl methyl sites for hydroxylation is 2. The summed E-state index contributed by atoms with van der Waals surface area (Å²) in [6.07, 6.45) is 0.721. The molecule has 9 heteroatoms. The molecule has 0 aromatic heterocycles. The van der Waals surface area contributed by atoms with Crippen LogP contribution >= 0.6 is 23.4 Å². The Morgan fingerprint density at radius 1 is 1.03 bits per heavy atom. The number of halogens is 2. The van der Waals surface area contributed by atoms with Crippen LogP contribution in [0, 0.1) is 19.7 Å². The molecule has 0 aliphatic rings. The van der Waals surface area contributed by atoms with Gasteiger partial charge in [0.05, 0.1) is 10.6 Å². The Balaban J connectivity index is 1.62. The summed E-state index contributed by atoms with van der Waals surface area (Å²) in [6, 6.07) is 17.9. The van der Waals surface area contributed by atoms with Crippen molar-refractivity contribution in [2.24, 2.45) is 0 Å². The van der Waals surface area contributed by atoms with Gasteiger partial charge in [-0.05, 0) is 73.5 Å². The lowest BCUT2D eigenvalue weighted by Gasteiger charge is -2.26. The van der Waals surface area contributed by atoms with E-state index < -0.39 is 15.9 Å². The Morgan fingerprint density at radius 3 is 2.40 bits per heavy atom. The van der Waals surface area contributed by atoms with Crippen molar-refractivity contribution in [3.8, 4) is 0 Å². The number of nitrogens with zero attached hydrogens (tertiary/aromatic N) is 1. The van der Waals surface area contributed by atoms with Crippen LogP contribution in [0.4, 0.5) is 10.1 Å². The molecule has 0 spiro atoms. The maximum Gasteiger partial charge on any atom is 0.264 e. The minimum atomic E-state index is -4.00. The summed E-state index contributed by atoms with van der Waals surface area (Å²) in [5, 5.41) is 3.20. The number of thioether (sulfide) groups is 1. The van der Waals surface area contributed by atoms with Crippen molar-refractivity contribution in [1.29, 1.82) is 0 Å². The topological polar surface area (TPSA) is 66.5 Å². The second kappa shape index (κ2) is 12.4. The van der Waals surface area contributed by atoms with E-state index in [4.69, 9.17) is 11.6 Å². The number of benzene rings is 3. The normalized spacial score (nSPS) is 11.3. The van der Waals surface area contributed by atoms with Crippen LogP contribution in [0.3, 0.4) is 0 Å². The van der Waals surface area contributed by atoms with E-state index in [1.165, 1.54) is 24.3 Å². The van der Waals surface area contributed by atoms with Gasteiger partial charge in [-0.1, -0.05) is 47.5 Å². The maximum absolute atomic E-state index is 13.5. The van der Waals surface area contributed by atoms with Crippen LogP contribution in [0.2, 0.25) is 5.02 Å². The van der Waals surface area contributed by atoms with E-state index in [1.54, 1.807) is 61.2 Å². The number of hydrogen-bond acceptors (Lipinski definition) is 4. The monoisotopic (exact) mass is 534 g/mol. The number of carbonyl (C=O) groups is 1. The number of amides is 1. The summed E-state index contributed by atoms with van der Waals surface area (Å²) >= 11 is 7.84. The zero-order chi connectivity index (χ0) is 25.4. The van der Waals surface area contributed by atoms with Crippen molar-refractivity contribution in [1.82, 2.24) is 5.32 Å². The summed E-state index contributed by atoms with van der Waals surface area (Å²) in [6.45, 7) is 3.71. The standard InChI is InChI=1S/C26H28ClFN2O3S2/c1-19-4-12-24(13-5-19)35(32,33)30(25-16-22(27)9-6-20(25)2)17-26(31)29-14-3-15-34-18-21-7-10-23(28)11-8-21/h4-13,16H,3,14-15,17-18H2,1-2H3,(H,29,31). The molecule has 0 aliphatic carbocycles. The average Bonchev–Trinajstić information content (AvgIpc) is 2.83. The molecule has 0 heterocycles. The van der Waals surface area contributed by atoms with Gasteiger partial charge in [-0.15, -0.1) is 0 Å². The van der Waals surface area contributed by atoms with Crippen molar-refractivity contribution in [2.75, 3.05) is 23.1 Å². The van der Waals surface area contributed by atoms with Gasteiger partial charge >= 0.3 is 0 Å². The first-order chi connectivity index (χ1) is 16.7. The van der Waals surface area contributed by atoms with Gasteiger partial charge in [0.25, 0.3) is 10.0 Å². The molecule has 1 amide bonds. The van der Waals surface area contributed by atoms with Crippen molar-refractivity contribution in [3.63, 3.8) is 0 Å². The number of hydrogen-bond donors (Lipinski definition) is 1. The lowest BCUT2D eigenvalue weighted by Crippen LogP contribution is -2.41. The molecule has 0 atom stereocenters. The summed E-state index contributed by atoms with van der Waals surface area (Å²) in [7, 11) is -4.00. The zero-order valence-corrected chi connectivity index (χ0v) is 22.0. The third-order valence-electron chi connectivity index (χ3n) is 5.31. The smallest absolute Gasteiger partial charge is 0.264 e. The summed E-state index contributed by atoms with van der Waals surface area (Å²) in [4.78, 5) is 12.9. The molecule has 0 bridgehead atoms. The Hall–Kier alpha value is -2.55. The molecular formula is C26H28ClFN2O3S2. The van der Waals surface area contributed by atoms with Crippen LogP contribution < -0.4 is 9.62 Å². The van der Waals surface area contributed by atoms with Gasteiger partial charge in [-0.3, -0.25) is 9.10 Å². The molecule has 0 unspecified atom stereocenters. The van der Waals surface area contributed by atoms with Gasteiger partial charge in [0.2, 0.25) is 5.91 Å². The minimum absolute atomic E-state index is 0.104. The van der Waals surface area contributed by atoms with E-state index >= 15 is 0 Å². The van der Waals surface area contributed by atoms with E-state index in [2.05, 4.69) is 5.32 Å². The highest BCUT2D eigenvalue weighted by molar-refractivity contribution is 7.98. The predicted octanol–water partition coefficient (Wildman–Crippen LogP) is 5.73. The van der Waals surface area contributed by atoms with Crippen molar-refractivity contribution < 1.29 is 17.6 Å². The molecule has 0 saturated heterocycles. The van der Waals surface area contributed by atoms with Crippen molar-refractivity contribution in [3.05, 3.63) is 94.3 Å². The van der Waals surface area contributed by atoms with Crippen LogP contribution in [0.5, 0.6) is 0 Å². The Morgan fingerprint density at radius 2 is 1.71 bits per heavy atom. The molecule has 3 aromatic rings. The predicted molar refractivity (Wildman–Crippen MR) is 142 cm³/mol. The Kier molecular flexibility index (Phi) is 9.60. The number of nitrogens with one attached hydrogen (secondary N) is 1. The first-order valence-corrected chi connectivity index (χ1v) is 14.1. The third-order valence-corrected chi connectivity index (χ3v) is 8.43. The summed E-state index contributed by atoms with van der Waals surface area (Å²) < 4.78 is 41.1. The fourth-order valence-corrected chi connectivity index (χ4v) is 5.91. The number of carbonyl (C=O) groups excluding carboxylic acids is 1. The van der Waals surface area contributed by atoms with Crippen LogP contribution in [0.1, 0.15) is 23.1 Å². The van der Waals surface area contributed by atoms with E-state index in [9.17, 15) is 17.6 Å². The van der Waals surface area contributed by atoms with E-state index in [-0.39, 0.29) is 17.3 Å². The Labute approximate surface area is 215 Å². The highest BCUT2D eigenvalue weighted by Crippen LogP contribution is 2.29. The molecule has 35 heavy (non-hydrogen) atoms. The lowest BCUT2D eigenvalue weighted by atomic mass is 10.2. The SMILES string of the molecule is Cc1ccc(S(=O)(=O)N(CC(=O)NCCCSCc2ccc(F)cc2)c2cc(Cl)ccc2C)cc1. The average molecular weight is 535 g/mol. The fraction of sp³-hybridized carbons (Fsp3) is 0.269. The molecule has 0 aliphatic heterocycles. The molecule has 3 rings (SSSR count). The van der Waals surface area contributed by atoms with Crippen LogP contribution in [-0.4, -0.2) is 33.2 Å². The second-order valence-electron chi connectivity index (χ2n) is 8.14. The minimum Gasteiger partial charge on any atom is -0.354 e. The first-order valence-electron chi connectivity index (χ1n) is 11.1. The van der Waals surface area contributed by atoms with E-state index in [1.807, 2.05) is 6.92 Å². The number of rotatable bonds is 11. The molecule has 0 radical (unpaired) electrons. The summed E-state index contributed by atoms with van der Waals surface area (Å²) in [5.74, 6) is 0.901. The van der Waals surface area contributed by atoms with Gasteiger partial charge in [0.1, 0.15) is 12.4 Å². The van der Waals surface area contributed by atoms with Crippen molar-refractivity contribution in [2.45, 2.75) is 30.9 Å². The van der Waals surface area contributed by atoms with Crippen molar-refractivity contribution >= 4 is 45.0 Å². The molecule has 3 aromatic carbocycles. The van der Waals surface area contributed by atoms with Gasteiger partial charge in [0, 0.05) is 17.3 Å². The molecule has 0 fully saturated rings. The molecule has 0 saturated carbocycles. The van der Waals surface area contributed by atoms with Crippen LogP contribution in [-0.2, 0) is 20.6 Å². The number of anilines is 1. The van der Waals surface area contributed by atoms with Gasteiger partial charge in [-0.2, -0.15) is 11.8 Å². The largest absolute Gasteiger partial charge is 0.354 e. The molecular weight excluding hydrogens is 507 g/mol. The number of sulfonamides is 1.